The van der Waals surface area contributed by atoms with E-state index in [1.54, 1.807) is 13.0 Å². The Hall–Kier alpha value is -2.86. The first-order valence-corrected chi connectivity index (χ1v) is 10.9. The highest BCUT2D eigenvalue weighted by Crippen LogP contribution is 2.34. The van der Waals surface area contributed by atoms with Crippen molar-refractivity contribution in [2.24, 2.45) is 0 Å². The molecular formula is C25H29NO5. The quantitative estimate of drug-likeness (QED) is 0.668. The summed E-state index contributed by atoms with van der Waals surface area (Å²) in [7, 11) is 0. The number of carbonyl (C=O) groups is 2. The van der Waals surface area contributed by atoms with Gasteiger partial charge in [0.1, 0.15) is 11.3 Å². The lowest BCUT2D eigenvalue weighted by Gasteiger charge is -2.30. The van der Waals surface area contributed by atoms with E-state index >= 15 is 0 Å². The molecule has 1 amide bonds. The summed E-state index contributed by atoms with van der Waals surface area (Å²) in [4.78, 5) is 26.5. The van der Waals surface area contributed by atoms with Gasteiger partial charge in [-0.2, -0.15) is 0 Å². The van der Waals surface area contributed by atoms with Crippen LogP contribution in [0.3, 0.4) is 0 Å². The minimum Gasteiger partial charge on any atom is -0.489 e. The second kappa shape index (κ2) is 8.71. The van der Waals surface area contributed by atoms with E-state index in [1.807, 2.05) is 37.3 Å². The summed E-state index contributed by atoms with van der Waals surface area (Å²) in [5, 5.41) is 12.7. The topological polar surface area (TPSA) is 84.9 Å². The van der Waals surface area contributed by atoms with Crippen LogP contribution in [0.15, 0.2) is 36.4 Å². The van der Waals surface area contributed by atoms with Gasteiger partial charge in [0, 0.05) is 12.8 Å². The van der Waals surface area contributed by atoms with E-state index < -0.39 is 17.4 Å². The number of aryl methyl sites for hydroxylation is 1. The van der Waals surface area contributed by atoms with E-state index in [2.05, 4.69) is 5.32 Å². The van der Waals surface area contributed by atoms with Crippen LogP contribution in [0.25, 0.3) is 0 Å². The summed E-state index contributed by atoms with van der Waals surface area (Å²) < 4.78 is 11.5. The van der Waals surface area contributed by atoms with Gasteiger partial charge >= 0.3 is 5.97 Å². The summed E-state index contributed by atoms with van der Waals surface area (Å²) in [5.41, 5.74) is 2.67. The van der Waals surface area contributed by atoms with Crippen LogP contribution in [0.4, 0.5) is 0 Å². The van der Waals surface area contributed by atoms with Crippen molar-refractivity contribution < 1.29 is 24.2 Å². The molecule has 0 unspecified atom stereocenters. The maximum Gasteiger partial charge on any atom is 0.332 e. The number of esters is 1. The van der Waals surface area contributed by atoms with E-state index in [-0.39, 0.29) is 19.3 Å². The highest BCUT2D eigenvalue weighted by molar-refractivity contribution is 6.01. The van der Waals surface area contributed by atoms with Gasteiger partial charge in [-0.15, -0.1) is 0 Å². The second-order valence-electron chi connectivity index (χ2n) is 8.50. The van der Waals surface area contributed by atoms with Gasteiger partial charge < -0.3 is 19.9 Å². The highest BCUT2D eigenvalue weighted by Gasteiger charge is 2.47. The molecule has 0 radical (unpaired) electrons. The highest BCUT2D eigenvalue weighted by atomic mass is 16.5. The molecule has 31 heavy (non-hydrogen) atoms. The Morgan fingerprint density at radius 3 is 2.39 bits per heavy atom. The lowest BCUT2D eigenvalue weighted by Crippen LogP contribution is -2.56. The summed E-state index contributed by atoms with van der Waals surface area (Å²) in [5.74, 6) is -0.307. The number of nitrogens with one attached hydrogen (secondary N) is 1. The Balaban J connectivity index is 1.68. The Kier molecular flexibility index (Phi) is 6.01. The van der Waals surface area contributed by atoms with Crippen molar-refractivity contribution in [1.82, 2.24) is 5.32 Å². The molecule has 1 saturated carbocycles. The molecule has 6 heteroatoms. The monoisotopic (exact) mass is 423 g/mol. The largest absolute Gasteiger partial charge is 0.489 e. The Morgan fingerprint density at radius 2 is 1.84 bits per heavy atom. The van der Waals surface area contributed by atoms with Crippen molar-refractivity contribution in [3.05, 3.63) is 64.2 Å². The molecule has 0 atom stereocenters. The zero-order chi connectivity index (χ0) is 22.0. The van der Waals surface area contributed by atoms with E-state index in [4.69, 9.17) is 9.47 Å². The van der Waals surface area contributed by atoms with Crippen LogP contribution in [-0.4, -0.2) is 35.2 Å². The third-order valence-corrected chi connectivity index (χ3v) is 6.22. The van der Waals surface area contributed by atoms with Crippen LogP contribution in [0.1, 0.15) is 58.8 Å². The van der Waals surface area contributed by atoms with Crippen LogP contribution in [0, 0.1) is 6.92 Å². The van der Waals surface area contributed by atoms with E-state index in [0.717, 1.165) is 36.0 Å². The van der Waals surface area contributed by atoms with Crippen molar-refractivity contribution in [1.29, 1.82) is 0 Å². The summed E-state index contributed by atoms with van der Waals surface area (Å²) in [6, 6.07) is 11.3. The summed E-state index contributed by atoms with van der Waals surface area (Å²) >= 11 is 0. The molecule has 6 nitrogen and oxygen atoms in total. The molecule has 0 saturated heterocycles. The molecule has 2 aromatic rings. The smallest absolute Gasteiger partial charge is 0.332 e. The fourth-order valence-corrected chi connectivity index (χ4v) is 4.37. The van der Waals surface area contributed by atoms with Crippen molar-refractivity contribution in [2.75, 3.05) is 6.61 Å². The Labute approximate surface area is 182 Å². The van der Waals surface area contributed by atoms with Crippen molar-refractivity contribution in [3.8, 4) is 5.75 Å². The molecule has 0 spiro atoms. The lowest BCUT2D eigenvalue weighted by atomic mass is 9.93. The van der Waals surface area contributed by atoms with E-state index in [1.165, 1.54) is 0 Å². The van der Waals surface area contributed by atoms with Gasteiger partial charge in [0.05, 0.1) is 24.9 Å². The number of hydrogen-bond donors (Lipinski definition) is 2. The van der Waals surface area contributed by atoms with Gasteiger partial charge in [0.2, 0.25) is 0 Å². The van der Waals surface area contributed by atoms with Gasteiger partial charge in [-0.3, -0.25) is 4.79 Å². The number of aliphatic hydroxyl groups is 1. The maximum absolute atomic E-state index is 13.5. The second-order valence-corrected chi connectivity index (χ2v) is 8.50. The fourth-order valence-electron chi connectivity index (χ4n) is 4.37. The maximum atomic E-state index is 13.5. The van der Waals surface area contributed by atoms with Crippen LogP contribution in [-0.2, 0) is 29.0 Å². The number of fused-ring (bicyclic) bond motifs is 1. The third-order valence-electron chi connectivity index (χ3n) is 6.22. The average molecular weight is 424 g/mol. The van der Waals surface area contributed by atoms with Crippen molar-refractivity contribution in [3.63, 3.8) is 0 Å². The van der Waals surface area contributed by atoms with Crippen LogP contribution >= 0.6 is 0 Å². The number of aliphatic hydroxyl groups excluding tert-OH is 1. The van der Waals surface area contributed by atoms with Crippen molar-refractivity contribution >= 4 is 11.9 Å². The Bertz CT molecular complexity index is 970. The number of ether oxygens (including phenoxy) is 2. The number of benzene rings is 2. The third kappa shape index (κ3) is 4.17. The molecule has 2 N–H and O–H groups in total. The zero-order valence-corrected chi connectivity index (χ0v) is 18.1. The first kappa shape index (κ1) is 21.4. The predicted octanol–water partition coefficient (Wildman–Crippen LogP) is 3.25. The molecule has 0 heterocycles. The van der Waals surface area contributed by atoms with Crippen LogP contribution in [0.2, 0.25) is 0 Å². The lowest BCUT2D eigenvalue weighted by molar-refractivity contribution is -0.150. The minimum absolute atomic E-state index is 0.0972. The fraction of sp³-hybridized carbons (Fsp3) is 0.440. The zero-order valence-electron chi connectivity index (χ0n) is 18.1. The molecule has 1 fully saturated rings. The Morgan fingerprint density at radius 1 is 1.16 bits per heavy atom. The van der Waals surface area contributed by atoms with Crippen LogP contribution in [0.5, 0.6) is 5.75 Å². The molecule has 0 aliphatic heterocycles. The molecule has 2 aromatic carbocycles. The molecule has 164 valence electrons. The summed E-state index contributed by atoms with van der Waals surface area (Å²) in [6.07, 6.45) is 3.90. The van der Waals surface area contributed by atoms with E-state index in [0.29, 0.717) is 29.7 Å². The average Bonchev–Trinajstić information content (AvgIpc) is 3.10. The number of rotatable bonds is 7. The van der Waals surface area contributed by atoms with Gasteiger partial charge in [0.15, 0.2) is 0 Å². The van der Waals surface area contributed by atoms with Gasteiger partial charge in [0.25, 0.3) is 5.91 Å². The number of hydrogen-bond acceptors (Lipinski definition) is 5. The first-order valence-electron chi connectivity index (χ1n) is 10.9. The first-order chi connectivity index (χ1) is 15.0. The number of amides is 1. The van der Waals surface area contributed by atoms with E-state index in [9.17, 15) is 14.7 Å². The van der Waals surface area contributed by atoms with Crippen molar-refractivity contribution in [2.45, 2.75) is 64.2 Å². The molecular weight excluding hydrogens is 394 g/mol. The SMILES string of the molecule is CCOC(=O)C1(NC(=O)c2cc(CO)cc(C)c2OC2CCC2)Cc2ccccc2C1. The predicted molar refractivity (Wildman–Crippen MR) is 116 cm³/mol. The minimum atomic E-state index is -1.16. The normalized spacial score (nSPS) is 16.9. The summed E-state index contributed by atoms with van der Waals surface area (Å²) in [6.45, 7) is 3.69. The van der Waals surface area contributed by atoms with Crippen LogP contribution < -0.4 is 10.1 Å². The molecule has 4 rings (SSSR count). The van der Waals surface area contributed by atoms with Gasteiger partial charge in [-0.05, 0) is 61.4 Å². The standard InChI is InChI=1S/C25H29NO5/c1-3-30-24(29)25(13-18-7-4-5-8-19(18)14-25)26-23(28)21-12-17(15-27)11-16(2)22(21)31-20-9-6-10-20/h4-5,7-8,11-12,20,27H,3,6,9-10,13-15H2,1-2H3,(H,26,28). The molecule has 2 aliphatic rings. The van der Waals surface area contributed by atoms with Gasteiger partial charge in [-0.25, -0.2) is 4.79 Å². The molecule has 2 aliphatic carbocycles. The molecule has 0 aromatic heterocycles. The van der Waals surface area contributed by atoms with Gasteiger partial charge in [-0.1, -0.05) is 30.3 Å². The molecule has 0 bridgehead atoms. The number of carbonyl (C=O) groups excluding carboxylic acids is 2.